The van der Waals surface area contributed by atoms with Gasteiger partial charge >= 0.3 is 0 Å². The predicted octanol–water partition coefficient (Wildman–Crippen LogP) is 2.50. The molecule has 0 spiro atoms. The predicted molar refractivity (Wildman–Crippen MR) is 131 cm³/mol. The van der Waals surface area contributed by atoms with Crippen molar-refractivity contribution >= 4 is 29.9 Å². The summed E-state index contributed by atoms with van der Waals surface area (Å²) in [6, 6.07) is 3.73. The molecule has 1 heterocycles. The van der Waals surface area contributed by atoms with Crippen LogP contribution in [0.2, 0.25) is 0 Å². The molecule has 1 aliphatic heterocycles. The summed E-state index contributed by atoms with van der Waals surface area (Å²) >= 11 is 0. The average molecular weight is 536 g/mol. The summed E-state index contributed by atoms with van der Waals surface area (Å²) in [5, 5.41) is 6.79. The third-order valence-electron chi connectivity index (χ3n) is 5.09. The third-order valence-corrected chi connectivity index (χ3v) is 5.09. The minimum atomic E-state index is 0. The number of aliphatic imine (C=N–C) groups is 1. The van der Waals surface area contributed by atoms with Gasteiger partial charge in [-0.25, -0.2) is 4.99 Å². The Morgan fingerprint density at radius 3 is 2.20 bits per heavy atom. The first-order valence-electron chi connectivity index (χ1n) is 10.1. The summed E-state index contributed by atoms with van der Waals surface area (Å²) < 4.78 is 21.8. The van der Waals surface area contributed by atoms with Crippen LogP contribution in [0.1, 0.15) is 26.3 Å². The Morgan fingerprint density at radius 2 is 1.63 bits per heavy atom. The van der Waals surface area contributed by atoms with E-state index in [1.54, 1.807) is 21.3 Å². The SMILES string of the molecule is CCNC(=NCc1cc(OC)c(OC)cc1OC)NCC(C)(C)N1CCOCC1.I. The number of guanidine groups is 1. The van der Waals surface area contributed by atoms with Gasteiger partial charge < -0.3 is 29.6 Å². The van der Waals surface area contributed by atoms with Crippen LogP contribution in [0.15, 0.2) is 17.1 Å². The number of hydrogen-bond acceptors (Lipinski definition) is 6. The van der Waals surface area contributed by atoms with Gasteiger partial charge in [-0.1, -0.05) is 0 Å². The molecule has 0 amide bonds. The van der Waals surface area contributed by atoms with Crippen molar-refractivity contribution in [2.45, 2.75) is 32.9 Å². The van der Waals surface area contributed by atoms with Crippen molar-refractivity contribution in [3.63, 3.8) is 0 Å². The fraction of sp³-hybridized carbons (Fsp3) is 0.667. The molecule has 1 aromatic rings. The number of rotatable bonds is 9. The summed E-state index contributed by atoms with van der Waals surface area (Å²) in [4.78, 5) is 7.20. The Morgan fingerprint density at radius 1 is 1.03 bits per heavy atom. The number of hydrogen-bond donors (Lipinski definition) is 2. The topological polar surface area (TPSA) is 76.6 Å². The van der Waals surface area contributed by atoms with E-state index in [-0.39, 0.29) is 29.5 Å². The Kier molecular flexibility index (Phi) is 11.6. The van der Waals surface area contributed by atoms with Gasteiger partial charge in [0.25, 0.3) is 0 Å². The molecule has 172 valence electrons. The monoisotopic (exact) mass is 536 g/mol. The summed E-state index contributed by atoms with van der Waals surface area (Å²) in [7, 11) is 4.87. The quantitative estimate of drug-likeness (QED) is 0.286. The number of nitrogens with one attached hydrogen (secondary N) is 2. The molecule has 9 heteroatoms. The van der Waals surface area contributed by atoms with Gasteiger partial charge in [0.05, 0.1) is 41.1 Å². The van der Waals surface area contributed by atoms with E-state index in [2.05, 4.69) is 36.3 Å². The number of benzene rings is 1. The maximum Gasteiger partial charge on any atom is 0.191 e. The highest BCUT2D eigenvalue weighted by Gasteiger charge is 2.28. The molecule has 0 unspecified atom stereocenters. The molecule has 8 nitrogen and oxygen atoms in total. The number of methoxy groups -OCH3 is 3. The summed E-state index contributed by atoms with van der Waals surface area (Å²) in [5.74, 6) is 2.78. The molecule has 1 fully saturated rings. The van der Waals surface area contributed by atoms with Crippen molar-refractivity contribution < 1.29 is 18.9 Å². The standard InChI is InChI=1S/C21H36N4O4.HI/c1-7-22-20(24-15-21(2,3)25-8-10-29-11-9-25)23-14-16-12-18(27-5)19(28-6)13-17(16)26-4;/h12-13H,7-11,14-15H2,1-6H3,(H2,22,23,24);1H. The zero-order valence-electron chi connectivity index (χ0n) is 19.0. The van der Waals surface area contributed by atoms with Gasteiger partial charge in [0.15, 0.2) is 17.5 Å². The van der Waals surface area contributed by atoms with Gasteiger partial charge in [0, 0.05) is 43.3 Å². The van der Waals surface area contributed by atoms with Crippen molar-refractivity contribution in [1.82, 2.24) is 15.5 Å². The molecular weight excluding hydrogens is 499 g/mol. The molecule has 0 aromatic heterocycles. The van der Waals surface area contributed by atoms with Crippen molar-refractivity contribution in [3.8, 4) is 17.2 Å². The van der Waals surface area contributed by atoms with Crippen molar-refractivity contribution in [2.75, 3.05) is 60.7 Å². The molecule has 0 saturated carbocycles. The van der Waals surface area contributed by atoms with Crippen LogP contribution >= 0.6 is 24.0 Å². The summed E-state index contributed by atoms with van der Waals surface area (Å²) in [6.45, 7) is 12.0. The molecule has 0 aliphatic carbocycles. The maximum absolute atomic E-state index is 5.51. The highest BCUT2D eigenvalue weighted by atomic mass is 127. The first-order chi connectivity index (χ1) is 13.9. The second-order valence-corrected chi connectivity index (χ2v) is 7.48. The largest absolute Gasteiger partial charge is 0.496 e. The van der Waals surface area contributed by atoms with Gasteiger partial charge in [-0.15, -0.1) is 24.0 Å². The van der Waals surface area contributed by atoms with Crippen molar-refractivity contribution in [3.05, 3.63) is 17.7 Å². The van der Waals surface area contributed by atoms with E-state index in [1.165, 1.54) is 0 Å². The van der Waals surface area contributed by atoms with E-state index in [1.807, 2.05) is 12.1 Å². The Labute approximate surface area is 197 Å². The number of ether oxygens (including phenoxy) is 4. The van der Waals surface area contributed by atoms with Crippen LogP contribution in [0.5, 0.6) is 17.2 Å². The van der Waals surface area contributed by atoms with Crippen molar-refractivity contribution in [1.29, 1.82) is 0 Å². The lowest BCUT2D eigenvalue weighted by atomic mass is 10.0. The first kappa shape index (κ1) is 26.6. The van der Waals surface area contributed by atoms with Crippen LogP contribution in [-0.4, -0.2) is 77.1 Å². The summed E-state index contributed by atoms with van der Waals surface area (Å²) in [5.41, 5.74) is 0.927. The van der Waals surface area contributed by atoms with E-state index in [0.717, 1.165) is 56.7 Å². The Balaban J connectivity index is 0.00000450. The molecule has 2 rings (SSSR count). The van der Waals surface area contributed by atoms with Crippen LogP contribution in [0.25, 0.3) is 0 Å². The minimum absolute atomic E-state index is 0. The van der Waals surface area contributed by atoms with E-state index in [4.69, 9.17) is 23.9 Å². The second kappa shape index (κ2) is 13.1. The molecule has 1 aliphatic rings. The molecule has 1 aromatic carbocycles. The Bertz CT molecular complexity index is 679. The van der Waals surface area contributed by atoms with E-state index in [0.29, 0.717) is 18.0 Å². The lowest BCUT2D eigenvalue weighted by Crippen LogP contribution is -2.56. The van der Waals surface area contributed by atoms with Gasteiger partial charge in [-0.2, -0.15) is 0 Å². The van der Waals surface area contributed by atoms with Gasteiger partial charge in [-0.3, -0.25) is 4.90 Å². The minimum Gasteiger partial charge on any atom is -0.496 e. The van der Waals surface area contributed by atoms with E-state index < -0.39 is 0 Å². The molecule has 0 radical (unpaired) electrons. The van der Waals surface area contributed by atoms with Crippen molar-refractivity contribution in [2.24, 2.45) is 4.99 Å². The molecule has 2 N–H and O–H groups in total. The molecule has 0 atom stereocenters. The smallest absolute Gasteiger partial charge is 0.191 e. The molecular formula is C21H37IN4O4. The fourth-order valence-electron chi connectivity index (χ4n) is 3.30. The van der Waals surface area contributed by atoms with Crippen LogP contribution in [-0.2, 0) is 11.3 Å². The van der Waals surface area contributed by atoms with Crippen LogP contribution < -0.4 is 24.8 Å². The normalized spacial score (nSPS) is 15.2. The first-order valence-corrected chi connectivity index (χ1v) is 10.1. The average Bonchev–Trinajstić information content (AvgIpc) is 2.75. The van der Waals surface area contributed by atoms with Crippen LogP contribution in [0, 0.1) is 0 Å². The molecule has 30 heavy (non-hydrogen) atoms. The van der Waals surface area contributed by atoms with Crippen LogP contribution in [0.4, 0.5) is 0 Å². The third kappa shape index (κ3) is 7.35. The Hall–Kier alpha value is -1.46. The van der Waals surface area contributed by atoms with E-state index in [9.17, 15) is 0 Å². The second-order valence-electron chi connectivity index (χ2n) is 7.48. The number of nitrogens with zero attached hydrogens (tertiary/aromatic N) is 2. The van der Waals surface area contributed by atoms with Crippen LogP contribution in [0.3, 0.4) is 0 Å². The van der Waals surface area contributed by atoms with E-state index >= 15 is 0 Å². The summed E-state index contributed by atoms with van der Waals surface area (Å²) in [6.07, 6.45) is 0. The van der Waals surface area contributed by atoms with Gasteiger partial charge in [0.1, 0.15) is 5.75 Å². The van der Waals surface area contributed by atoms with Gasteiger partial charge in [-0.05, 0) is 26.8 Å². The maximum atomic E-state index is 5.51. The highest BCUT2D eigenvalue weighted by molar-refractivity contribution is 14.0. The molecule has 1 saturated heterocycles. The number of halogens is 1. The van der Waals surface area contributed by atoms with Gasteiger partial charge in [0.2, 0.25) is 0 Å². The highest BCUT2D eigenvalue weighted by Crippen LogP contribution is 2.34. The fourth-order valence-corrected chi connectivity index (χ4v) is 3.30. The zero-order chi connectivity index (χ0) is 21.3. The molecule has 0 bridgehead atoms. The number of morpholine rings is 1. The zero-order valence-corrected chi connectivity index (χ0v) is 21.4. The lowest BCUT2D eigenvalue weighted by molar-refractivity contribution is -0.00834. The lowest BCUT2D eigenvalue weighted by Gasteiger charge is -2.41.